The van der Waals surface area contributed by atoms with Crippen LogP contribution in [0.15, 0.2) is 72.8 Å². The average molecular weight is 564 g/mol. The number of carbonyl (C=O) groups excluding carboxylic acids is 2. The Kier molecular flexibility index (Phi) is 10.9. The van der Waals surface area contributed by atoms with Gasteiger partial charge in [0, 0.05) is 32.5 Å². The monoisotopic (exact) mass is 563 g/mol. The Bertz CT molecular complexity index is 1410. The van der Waals surface area contributed by atoms with E-state index in [1.54, 1.807) is 11.0 Å². The number of hydrogen-bond acceptors (Lipinski definition) is 4. The first kappa shape index (κ1) is 30.9. The summed E-state index contributed by atoms with van der Waals surface area (Å²) in [5.74, 6) is -0.400. The van der Waals surface area contributed by atoms with E-state index in [1.807, 2.05) is 94.4 Å². The molecule has 0 saturated carbocycles. The lowest BCUT2D eigenvalue weighted by Gasteiger charge is -2.32. The van der Waals surface area contributed by atoms with Crippen molar-refractivity contribution in [3.8, 4) is 0 Å². The maximum absolute atomic E-state index is 13.8. The van der Waals surface area contributed by atoms with Crippen LogP contribution in [0, 0.1) is 20.8 Å². The number of nitrogens with zero attached hydrogens (tertiary/aromatic N) is 2. The zero-order chi connectivity index (χ0) is 29.3. The number of nitrogens with one attached hydrogen (secondary N) is 1. The second-order valence-corrected chi connectivity index (χ2v) is 12.2. The van der Waals surface area contributed by atoms with Gasteiger partial charge in [0.2, 0.25) is 21.8 Å². The van der Waals surface area contributed by atoms with Crippen molar-refractivity contribution in [1.82, 2.24) is 10.2 Å². The molecule has 0 aliphatic carbocycles. The molecule has 40 heavy (non-hydrogen) atoms. The SMILES string of the molecule is CCNC(=O)[C@@H](Cc1ccccc1)N(Cc1cccc(C)c1)C(=O)CCCN(c1ccc(C)c(C)c1)S(C)(=O)=O. The molecule has 0 heterocycles. The molecular weight excluding hydrogens is 522 g/mol. The van der Waals surface area contributed by atoms with Gasteiger partial charge in [-0.25, -0.2) is 8.42 Å². The number of sulfonamides is 1. The van der Waals surface area contributed by atoms with Gasteiger partial charge < -0.3 is 10.2 Å². The third-order valence-electron chi connectivity index (χ3n) is 6.99. The number of benzene rings is 3. The zero-order valence-electron chi connectivity index (χ0n) is 24.2. The largest absolute Gasteiger partial charge is 0.355 e. The Morgan fingerprint density at radius 3 is 2.20 bits per heavy atom. The molecule has 0 unspecified atom stereocenters. The number of carbonyl (C=O) groups is 2. The highest BCUT2D eigenvalue weighted by atomic mass is 32.2. The standard InChI is InChI=1S/C32H41N3O4S/c1-6-33-32(37)30(22-27-13-8-7-9-14-27)34(23-28-15-10-12-24(2)20-28)31(36)16-11-19-35(40(5,38)39)29-18-17-25(3)26(4)21-29/h7-10,12-15,17-18,20-21,30H,6,11,16,19,22-23H2,1-5H3,(H,33,37)/t30-/m1/s1. The van der Waals surface area contributed by atoms with Crippen molar-refractivity contribution in [1.29, 1.82) is 0 Å². The fourth-order valence-electron chi connectivity index (χ4n) is 4.74. The number of aryl methyl sites for hydroxylation is 3. The van der Waals surface area contributed by atoms with E-state index >= 15 is 0 Å². The number of hydrogen-bond donors (Lipinski definition) is 1. The Morgan fingerprint density at radius 2 is 1.57 bits per heavy atom. The first-order valence-corrected chi connectivity index (χ1v) is 15.6. The summed E-state index contributed by atoms with van der Waals surface area (Å²) >= 11 is 0. The van der Waals surface area contributed by atoms with Crippen LogP contribution >= 0.6 is 0 Å². The maximum atomic E-state index is 13.8. The van der Waals surface area contributed by atoms with Crippen LogP contribution < -0.4 is 9.62 Å². The number of anilines is 1. The minimum absolute atomic E-state index is 0.105. The highest BCUT2D eigenvalue weighted by molar-refractivity contribution is 7.92. The molecular formula is C32H41N3O4S. The molecule has 8 heteroatoms. The summed E-state index contributed by atoms with van der Waals surface area (Å²) in [6.07, 6.45) is 1.98. The van der Waals surface area contributed by atoms with E-state index in [4.69, 9.17) is 0 Å². The fraction of sp³-hybridized carbons (Fsp3) is 0.375. The summed E-state index contributed by atoms with van der Waals surface area (Å²) in [6, 6.07) is 22.4. The lowest BCUT2D eigenvalue weighted by molar-refractivity contribution is -0.141. The van der Waals surface area contributed by atoms with Crippen molar-refractivity contribution < 1.29 is 18.0 Å². The summed E-state index contributed by atoms with van der Waals surface area (Å²) in [4.78, 5) is 28.8. The minimum Gasteiger partial charge on any atom is -0.355 e. The van der Waals surface area contributed by atoms with E-state index in [0.717, 1.165) is 27.8 Å². The molecule has 1 N–H and O–H groups in total. The van der Waals surface area contributed by atoms with Gasteiger partial charge in [0.05, 0.1) is 11.9 Å². The van der Waals surface area contributed by atoms with Crippen LogP contribution in [0.1, 0.15) is 47.6 Å². The van der Waals surface area contributed by atoms with Gasteiger partial charge in [-0.15, -0.1) is 0 Å². The van der Waals surface area contributed by atoms with Gasteiger partial charge in [0.25, 0.3) is 0 Å². The summed E-state index contributed by atoms with van der Waals surface area (Å²) in [5, 5.41) is 2.90. The van der Waals surface area contributed by atoms with Crippen molar-refractivity contribution in [2.24, 2.45) is 0 Å². The molecule has 0 saturated heterocycles. The van der Waals surface area contributed by atoms with Gasteiger partial charge in [0.1, 0.15) is 6.04 Å². The molecule has 3 aromatic rings. The van der Waals surface area contributed by atoms with Crippen molar-refractivity contribution >= 4 is 27.5 Å². The molecule has 0 radical (unpaired) electrons. The smallest absolute Gasteiger partial charge is 0.243 e. The second kappa shape index (κ2) is 14.1. The third-order valence-corrected chi connectivity index (χ3v) is 8.18. The molecule has 214 valence electrons. The maximum Gasteiger partial charge on any atom is 0.243 e. The van der Waals surface area contributed by atoms with Crippen LogP contribution in [0.4, 0.5) is 5.69 Å². The predicted octanol–water partition coefficient (Wildman–Crippen LogP) is 4.93. The summed E-state index contributed by atoms with van der Waals surface area (Å²) < 4.78 is 26.7. The Morgan fingerprint density at radius 1 is 0.875 bits per heavy atom. The number of likely N-dealkylation sites (N-methyl/N-ethyl adjacent to an activating group) is 1. The van der Waals surface area contributed by atoms with Crippen LogP contribution in [0.2, 0.25) is 0 Å². The molecule has 3 aromatic carbocycles. The normalized spacial score (nSPS) is 12.0. The van der Waals surface area contributed by atoms with E-state index in [0.29, 0.717) is 25.1 Å². The summed E-state index contributed by atoms with van der Waals surface area (Å²) in [6.45, 7) is 8.67. The van der Waals surface area contributed by atoms with E-state index in [-0.39, 0.29) is 31.3 Å². The Balaban J connectivity index is 1.87. The lowest BCUT2D eigenvalue weighted by Crippen LogP contribution is -2.50. The molecule has 0 aliphatic rings. The van der Waals surface area contributed by atoms with Crippen LogP contribution in [0.25, 0.3) is 0 Å². The molecule has 3 rings (SSSR count). The Hall–Kier alpha value is -3.65. The number of amides is 2. The first-order valence-electron chi connectivity index (χ1n) is 13.7. The van der Waals surface area contributed by atoms with Gasteiger partial charge in [-0.1, -0.05) is 66.2 Å². The van der Waals surface area contributed by atoms with Crippen molar-refractivity contribution in [2.45, 2.75) is 59.5 Å². The molecule has 0 aromatic heterocycles. The van der Waals surface area contributed by atoms with Crippen LogP contribution in [-0.4, -0.2) is 50.5 Å². The van der Waals surface area contributed by atoms with Gasteiger partial charge in [-0.3, -0.25) is 13.9 Å². The van der Waals surface area contributed by atoms with Crippen LogP contribution in [0.3, 0.4) is 0 Å². The topological polar surface area (TPSA) is 86.8 Å². The molecule has 0 spiro atoms. The van der Waals surface area contributed by atoms with E-state index < -0.39 is 16.1 Å². The average Bonchev–Trinajstić information content (AvgIpc) is 2.90. The quantitative estimate of drug-likeness (QED) is 0.319. The van der Waals surface area contributed by atoms with Crippen molar-refractivity contribution in [3.05, 3.63) is 101 Å². The second-order valence-electron chi connectivity index (χ2n) is 10.3. The molecule has 1 atom stereocenters. The van der Waals surface area contributed by atoms with Gasteiger partial charge in [-0.05, 0) is 68.5 Å². The zero-order valence-corrected chi connectivity index (χ0v) is 25.0. The van der Waals surface area contributed by atoms with E-state index in [9.17, 15) is 18.0 Å². The Labute approximate surface area is 239 Å². The van der Waals surface area contributed by atoms with Crippen molar-refractivity contribution in [3.63, 3.8) is 0 Å². The molecule has 2 amide bonds. The molecule has 7 nitrogen and oxygen atoms in total. The van der Waals surface area contributed by atoms with E-state index in [1.165, 1.54) is 10.6 Å². The van der Waals surface area contributed by atoms with Gasteiger partial charge >= 0.3 is 0 Å². The van der Waals surface area contributed by atoms with Crippen LogP contribution in [-0.2, 0) is 32.6 Å². The number of rotatable bonds is 13. The highest BCUT2D eigenvalue weighted by Gasteiger charge is 2.30. The predicted molar refractivity (Wildman–Crippen MR) is 162 cm³/mol. The van der Waals surface area contributed by atoms with Gasteiger partial charge in [-0.2, -0.15) is 0 Å². The van der Waals surface area contributed by atoms with Gasteiger partial charge in [0.15, 0.2) is 0 Å². The third kappa shape index (κ3) is 8.68. The summed E-state index contributed by atoms with van der Waals surface area (Å²) in [7, 11) is -3.55. The van der Waals surface area contributed by atoms with Crippen LogP contribution in [0.5, 0.6) is 0 Å². The molecule has 0 fully saturated rings. The minimum atomic E-state index is -3.55. The van der Waals surface area contributed by atoms with E-state index in [2.05, 4.69) is 5.32 Å². The summed E-state index contributed by atoms with van der Waals surface area (Å²) in [5.41, 5.74) is 5.62. The van der Waals surface area contributed by atoms with Crippen molar-refractivity contribution in [2.75, 3.05) is 23.7 Å². The molecule has 0 bridgehead atoms. The lowest BCUT2D eigenvalue weighted by atomic mass is 10.0. The highest BCUT2D eigenvalue weighted by Crippen LogP contribution is 2.23. The molecule has 0 aliphatic heterocycles. The fourth-order valence-corrected chi connectivity index (χ4v) is 5.70. The first-order chi connectivity index (χ1) is 19.0.